The Kier molecular flexibility index (Phi) is 6.28. The van der Waals surface area contributed by atoms with Crippen LogP contribution in [0.5, 0.6) is 0 Å². The van der Waals surface area contributed by atoms with Crippen molar-refractivity contribution in [3.63, 3.8) is 0 Å². The first-order chi connectivity index (χ1) is 8.56. The summed E-state index contributed by atoms with van der Waals surface area (Å²) < 4.78 is 31.5. The third kappa shape index (κ3) is 5.14. The molecule has 0 atom stereocenters. The summed E-state index contributed by atoms with van der Waals surface area (Å²) in [6.07, 6.45) is 0.630. The highest BCUT2D eigenvalue weighted by Crippen LogP contribution is 2.10. The number of rotatable bonds is 8. The highest BCUT2D eigenvalue weighted by Gasteiger charge is 2.12. The van der Waals surface area contributed by atoms with Gasteiger partial charge in [0.15, 0.2) is 0 Å². The van der Waals surface area contributed by atoms with Crippen molar-refractivity contribution in [3.05, 3.63) is 29.8 Å². The van der Waals surface area contributed by atoms with Gasteiger partial charge in [-0.05, 0) is 31.0 Å². The maximum Gasteiger partial charge on any atom is 0.240 e. The van der Waals surface area contributed by atoms with Gasteiger partial charge in [-0.2, -0.15) is 0 Å². The molecule has 0 amide bonds. The van der Waals surface area contributed by atoms with E-state index in [4.69, 9.17) is 10.5 Å². The molecule has 0 bridgehead atoms. The van der Waals surface area contributed by atoms with Crippen molar-refractivity contribution in [1.82, 2.24) is 4.72 Å². The van der Waals surface area contributed by atoms with E-state index >= 15 is 0 Å². The Bertz CT molecular complexity index is 460. The normalized spacial score (nSPS) is 11.7. The monoisotopic (exact) mass is 272 g/mol. The van der Waals surface area contributed by atoms with Crippen molar-refractivity contribution in [2.24, 2.45) is 5.73 Å². The third-order valence-corrected chi connectivity index (χ3v) is 3.78. The molecule has 0 aliphatic heterocycles. The van der Waals surface area contributed by atoms with Crippen molar-refractivity contribution < 1.29 is 13.2 Å². The van der Waals surface area contributed by atoms with Gasteiger partial charge in [-0.25, -0.2) is 13.1 Å². The van der Waals surface area contributed by atoms with Gasteiger partial charge in [0.2, 0.25) is 10.0 Å². The van der Waals surface area contributed by atoms with Crippen molar-refractivity contribution >= 4 is 10.0 Å². The minimum atomic E-state index is -3.41. The highest BCUT2D eigenvalue weighted by molar-refractivity contribution is 7.89. The van der Waals surface area contributed by atoms with E-state index in [1.165, 1.54) is 0 Å². The van der Waals surface area contributed by atoms with Crippen LogP contribution in [0.15, 0.2) is 29.2 Å². The summed E-state index contributed by atoms with van der Waals surface area (Å²) in [5.74, 6) is 0. The van der Waals surface area contributed by atoms with Gasteiger partial charge >= 0.3 is 0 Å². The summed E-state index contributed by atoms with van der Waals surface area (Å²) in [6, 6.07) is 6.82. The van der Waals surface area contributed by atoms with Crippen molar-refractivity contribution in [3.8, 4) is 0 Å². The standard InChI is InChI=1S/C12H20N2O3S/c1-11-4-2-5-12(10-11)18(15,16)14-7-3-8-17-9-6-13/h2,4-5,10,14H,3,6-9,13H2,1H3. The van der Waals surface area contributed by atoms with Gasteiger partial charge in [-0.1, -0.05) is 12.1 Å². The second-order valence-electron chi connectivity index (χ2n) is 3.97. The van der Waals surface area contributed by atoms with Gasteiger partial charge in [0.1, 0.15) is 0 Å². The first-order valence-electron chi connectivity index (χ1n) is 5.90. The average molecular weight is 272 g/mol. The predicted octanol–water partition coefficient (Wildman–Crippen LogP) is 0.639. The molecule has 1 aromatic rings. The third-order valence-electron chi connectivity index (χ3n) is 2.32. The van der Waals surface area contributed by atoms with Crippen LogP contribution < -0.4 is 10.5 Å². The van der Waals surface area contributed by atoms with E-state index in [2.05, 4.69) is 4.72 Å². The van der Waals surface area contributed by atoms with E-state index in [-0.39, 0.29) is 0 Å². The van der Waals surface area contributed by atoms with Crippen LogP contribution in [0.3, 0.4) is 0 Å². The van der Waals surface area contributed by atoms with Crippen molar-refractivity contribution in [2.75, 3.05) is 26.3 Å². The topological polar surface area (TPSA) is 81.4 Å². The molecule has 6 heteroatoms. The molecular formula is C12H20N2O3S. The molecule has 0 radical (unpaired) electrons. The zero-order chi connectivity index (χ0) is 13.4. The summed E-state index contributed by atoms with van der Waals surface area (Å²) in [5.41, 5.74) is 6.19. The van der Waals surface area contributed by atoms with Crippen LogP contribution in [-0.4, -0.2) is 34.7 Å². The molecule has 0 heterocycles. The first kappa shape index (κ1) is 15.1. The fraction of sp³-hybridized carbons (Fsp3) is 0.500. The maximum atomic E-state index is 11.9. The van der Waals surface area contributed by atoms with E-state index < -0.39 is 10.0 Å². The van der Waals surface area contributed by atoms with Crippen molar-refractivity contribution in [1.29, 1.82) is 0 Å². The summed E-state index contributed by atoms with van der Waals surface area (Å²) >= 11 is 0. The van der Waals surface area contributed by atoms with Gasteiger partial charge < -0.3 is 10.5 Å². The number of ether oxygens (including phenoxy) is 1. The minimum Gasteiger partial charge on any atom is -0.380 e. The van der Waals surface area contributed by atoms with Crippen molar-refractivity contribution in [2.45, 2.75) is 18.2 Å². The molecule has 0 aromatic heterocycles. The summed E-state index contributed by atoms with van der Waals surface area (Å²) in [7, 11) is -3.41. The van der Waals surface area contributed by atoms with Crippen LogP contribution in [0.1, 0.15) is 12.0 Å². The summed E-state index contributed by atoms with van der Waals surface area (Å²) in [5, 5.41) is 0. The molecule has 1 rings (SSSR count). The van der Waals surface area contributed by atoms with Gasteiger partial charge in [0.25, 0.3) is 0 Å². The summed E-state index contributed by atoms with van der Waals surface area (Å²) in [6.45, 7) is 3.72. The van der Waals surface area contributed by atoms with Crippen LogP contribution >= 0.6 is 0 Å². The Hall–Kier alpha value is -0.950. The average Bonchev–Trinajstić information content (AvgIpc) is 2.33. The van der Waals surface area contributed by atoms with Crippen LogP contribution in [0.4, 0.5) is 0 Å². The Labute approximate surface area is 108 Å². The van der Waals surface area contributed by atoms with Crippen LogP contribution in [-0.2, 0) is 14.8 Å². The molecule has 0 saturated heterocycles. The van der Waals surface area contributed by atoms with Crippen LogP contribution in [0, 0.1) is 6.92 Å². The highest BCUT2D eigenvalue weighted by atomic mass is 32.2. The number of aryl methyl sites for hydroxylation is 1. The van der Waals surface area contributed by atoms with E-state index in [1.807, 2.05) is 13.0 Å². The first-order valence-corrected chi connectivity index (χ1v) is 7.39. The van der Waals surface area contributed by atoms with E-state index in [0.717, 1.165) is 5.56 Å². The number of nitrogens with one attached hydrogen (secondary N) is 1. The Morgan fingerprint density at radius 2 is 2.11 bits per heavy atom. The number of benzene rings is 1. The lowest BCUT2D eigenvalue weighted by atomic mass is 10.2. The molecule has 0 unspecified atom stereocenters. The second kappa shape index (κ2) is 7.48. The lowest BCUT2D eigenvalue weighted by Crippen LogP contribution is -2.25. The SMILES string of the molecule is Cc1cccc(S(=O)(=O)NCCCOCCN)c1. The minimum absolute atomic E-state index is 0.297. The van der Waals surface area contributed by atoms with E-state index in [1.54, 1.807) is 18.2 Å². The number of hydrogen-bond acceptors (Lipinski definition) is 4. The molecule has 3 N–H and O–H groups in total. The molecule has 0 spiro atoms. The molecule has 0 fully saturated rings. The zero-order valence-corrected chi connectivity index (χ0v) is 11.4. The Morgan fingerprint density at radius 3 is 2.78 bits per heavy atom. The lowest BCUT2D eigenvalue weighted by Gasteiger charge is -2.07. The molecule has 102 valence electrons. The molecule has 5 nitrogen and oxygen atoms in total. The Balaban J connectivity index is 2.41. The largest absolute Gasteiger partial charge is 0.380 e. The van der Waals surface area contributed by atoms with Gasteiger partial charge in [0, 0.05) is 19.7 Å². The lowest BCUT2D eigenvalue weighted by molar-refractivity contribution is 0.140. The molecule has 0 aliphatic rings. The summed E-state index contributed by atoms with van der Waals surface area (Å²) in [4.78, 5) is 0.297. The number of hydrogen-bond donors (Lipinski definition) is 2. The smallest absolute Gasteiger partial charge is 0.240 e. The number of nitrogens with two attached hydrogens (primary N) is 1. The van der Waals surface area contributed by atoms with E-state index in [0.29, 0.717) is 37.6 Å². The van der Waals surface area contributed by atoms with Crippen LogP contribution in [0.25, 0.3) is 0 Å². The fourth-order valence-corrected chi connectivity index (χ4v) is 2.61. The Morgan fingerprint density at radius 1 is 1.33 bits per heavy atom. The molecule has 18 heavy (non-hydrogen) atoms. The molecule has 0 saturated carbocycles. The maximum absolute atomic E-state index is 11.9. The van der Waals surface area contributed by atoms with E-state index in [9.17, 15) is 8.42 Å². The second-order valence-corrected chi connectivity index (χ2v) is 5.74. The predicted molar refractivity (Wildman–Crippen MR) is 70.9 cm³/mol. The van der Waals surface area contributed by atoms with Gasteiger partial charge in [-0.15, -0.1) is 0 Å². The van der Waals surface area contributed by atoms with Gasteiger partial charge in [-0.3, -0.25) is 0 Å². The number of sulfonamides is 1. The quantitative estimate of drug-likeness (QED) is 0.680. The molecular weight excluding hydrogens is 252 g/mol. The molecule has 0 aliphatic carbocycles. The van der Waals surface area contributed by atoms with Crippen LogP contribution in [0.2, 0.25) is 0 Å². The molecule has 1 aromatic carbocycles. The van der Waals surface area contributed by atoms with Gasteiger partial charge in [0.05, 0.1) is 11.5 Å². The zero-order valence-electron chi connectivity index (χ0n) is 10.6. The fourth-order valence-electron chi connectivity index (χ4n) is 1.43.